The summed E-state index contributed by atoms with van der Waals surface area (Å²) >= 11 is 0. The fourth-order valence-electron chi connectivity index (χ4n) is 2.59. The Balaban J connectivity index is 2.10. The number of aromatic nitrogens is 2. The third kappa shape index (κ3) is 1.23. The first kappa shape index (κ1) is 9.54. The van der Waals surface area contributed by atoms with Crippen LogP contribution in [0.15, 0.2) is 60.9 Å². The highest BCUT2D eigenvalue weighted by atomic mass is 14.7. The van der Waals surface area contributed by atoms with Gasteiger partial charge in [-0.05, 0) is 11.5 Å². The first-order valence-electron chi connectivity index (χ1n) is 6.06. The van der Waals surface area contributed by atoms with Crippen LogP contribution >= 0.6 is 0 Å². The van der Waals surface area contributed by atoms with E-state index in [2.05, 4.69) is 64.7 Å². The molecule has 0 amide bonds. The van der Waals surface area contributed by atoms with Gasteiger partial charge in [-0.25, -0.2) is 0 Å². The number of benzene rings is 2. The second-order valence-corrected chi connectivity index (χ2v) is 4.50. The van der Waals surface area contributed by atoms with Gasteiger partial charge in [0.25, 0.3) is 0 Å². The molecule has 2 aromatic heterocycles. The van der Waals surface area contributed by atoms with Crippen LogP contribution in [0.1, 0.15) is 0 Å². The van der Waals surface area contributed by atoms with Crippen molar-refractivity contribution in [1.82, 2.24) is 9.97 Å². The molecule has 0 spiro atoms. The van der Waals surface area contributed by atoms with Gasteiger partial charge in [0.05, 0.1) is 11.2 Å². The summed E-state index contributed by atoms with van der Waals surface area (Å²) in [5, 5.41) is 3.75. The monoisotopic (exact) mass is 232 g/mol. The molecule has 2 nitrogen and oxygen atoms in total. The molecular formula is C16H12N2. The van der Waals surface area contributed by atoms with Crippen LogP contribution in [0.4, 0.5) is 0 Å². The van der Waals surface area contributed by atoms with Gasteiger partial charge in [0, 0.05) is 28.7 Å². The average Bonchev–Trinajstić information content (AvgIpc) is 3.05. The summed E-state index contributed by atoms with van der Waals surface area (Å²) in [6.07, 6.45) is 4.05. The highest BCUT2D eigenvalue weighted by Crippen LogP contribution is 2.32. The number of nitrogens with one attached hydrogen (secondary N) is 2. The molecule has 4 aromatic rings. The van der Waals surface area contributed by atoms with E-state index in [0.717, 1.165) is 0 Å². The number of fused-ring (bicyclic) bond motifs is 2. The molecular weight excluding hydrogens is 220 g/mol. The van der Waals surface area contributed by atoms with Gasteiger partial charge in [0.1, 0.15) is 0 Å². The molecule has 2 heteroatoms. The number of hydrogen-bond donors (Lipinski definition) is 2. The van der Waals surface area contributed by atoms with Gasteiger partial charge in [-0.2, -0.15) is 0 Å². The molecule has 2 N–H and O–H groups in total. The van der Waals surface area contributed by atoms with Gasteiger partial charge in [-0.1, -0.05) is 42.5 Å². The van der Waals surface area contributed by atoms with Crippen LogP contribution in [-0.4, -0.2) is 9.97 Å². The highest BCUT2D eigenvalue weighted by molar-refractivity contribution is 6.03. The van der Waals surface area contributed by atoms with Crippen molar-refractivity contribution in [3.05, 3.63) is 60.9 Å². The summed E-state index contributed by atoms with van der Waals surface area (Å²) in [6.45, 7) is 0. The molecule has 0 saturated carbocycles. The topological polar surface area (TPSA) is 31.6 Å². The Bertz CT molecular complexity index is 836. The number of para-hydroxylation sites is 1. The van der Waals surface area contributed by atoms with Gasteiger partial charge in [0.15, 0.2) is 0 Å². The van der Waals surface area contributed by atoms with Crippen LogP contribution < -0.4 is 0 Å². The van der Waals surface area contributed by atoms with Crippen LogP contribution in [-0.2, 0) is 0 Å². The number of rotatable bonds is 1. The average molecular weight is 232 g/mol. The molecule has 0 aliphatic rings. The molecule has 4 rings (SSSR count). The van der Waals surface area contributed by atoms with E-state index in [-0.39, 0.29) is 0 Å². The number of aromatic amines is 2. The molecule has 2 heterocycles. The Morgan fingerprint density at radius 2 is 1.61 bits per heavy atom. The van der Waals surface area contributed by atoms with E-state index in [1.807, 2.05) is 6.20 Å². The minimum absolute atomic E-state index is 1.18. The predicted molar refractivity (Wildman–Crippen MR) is 75.6 cm³/mol. The Hall–Kier alpha value is -2.48. The minimum atomic E-state index is 1.18. The molecule has 86 valence electrons. The largest absolute Gasteiger partial charge is 0.361 e. The Kier molecular flexibility index (Phi) is 1.86. The zero-order chi connectivity index (χ0) is 11.9. The van der Waals surface area contributed by atoms with Gasteiger partial charge in [0.2, 0.25) is 0 Å². The van der Waals surface area contributed by atoms with Crippen molar-refractivity contribution < 1.29 is 0 Å². The third-order valence-electron chi connectivity index (χ3n) is 3.46. The normalized spacial score (nSPS) is 11.3. The SMILES string of the molecule is c1ccc2c(-c3cccc4cc[nH]c34)[nH]cc2c1. The van der Waals surface area contributed by atoms with E-state index < -0.39 is 0 Å². The molecule has 0 fully saturated rings. The van der Waals surface area contributed by atoms with E-state index in [1.54, 1.807) is 0 Å². The maximum Gasteiger partial charge on any atom is 0.0555 e. The van der Waals surface area contributed by atoms with Gasteiger partial charge >= 0.3 is 0 Å². The van der Waals surface area contributed by atoms with E-state index in [4.69, 9.17) is 0 Å². The summed E-state index contributed by atoms with van der Waals surface area (Å²) in [7, 11) is 0. The van der Waals surface area contributed by atoms with Crippen molar-refractivity contribution in [3.8, 4) is 11.3 Å². The number of H-pyrrole nitrogens is 2. The quantitative estimate of drug-likeness (QED) is 0.490. The van der Waals surface area contributed by atoms with E-state index in [9.17, 15) is 0 Å². The van der Waals surface area contributed by atoms with Gasteiger partial charge < -0.3 is 9.97 Å². The van der Waals surface area contributed by atoms with Crippen LogP contribution in [0.2, 0.25) is 0 Å². The van der Waals surface area contributed by atoms with Crippen molar-refractivity contribution in [2.75, 3.05) is 0 Å². The van der Waals surface area contributed by atoms with Crippen molar-refractivity contribution >= 4 is 21.7 Å². The lowest BCUT2D eigenvalue weighted by Crippen LogP contribution is -1.80. The van der Waals surface area contributed by atoms with Crippen molar-refractivity contribution in [3.63, 3.8) is 0 Å². The maximum absolute atomic E-state index is 3.39. The third-order valence-corrected chi connectivity index (χ3v) is 3.46. The van der Waals surface area contributed by atoms with Crippen LogP contribution in [0.5, 0.6) is 0 Å². The van der Waals surface area contributed by atoms with Gasteiger partial charge in [-0.3, -0.25) is 0 Å². The summed E-state index contributed by atoms with van der Waals surface area (Å²) in [5.74, 6) is 0. The molecule has 0 aliphatic heterocycles. The molecule has 0 saturated heterocycles. The lowest BCUT2D eigenvalue weighted by Gasteiger charge is -2.02. The van der Waals surface area contributed by atoms with E-state index >= 15 is 0 Å². The second kappa shape index (κ2) is 3.50. The van der Waals surface area contributed by atoms with Crippen molar-refractivity contribution in [1.29, 1.82) is 0 Å². The fourth-order valence-corrected chi connectivity index (χ4v) is 2.59. The lowest BCUT2D eigenvalue weighted by atomic mass is 10.1. The maximum atomic E-state index is 3.39. The zero-order valence-corrected chi connectivity index (χ0v) is 9.77. The predicted octanol–water partition coefficient (Wildman–Crippen LogP) is 4.32. The standard InChI is InChI=1S/C16H12N2/c1-2-6-13-12(4-1)10-18-16(13)14-7-3-5-11-8-9-17-15(11)14/h1-10,17-18H. The zero-order valence-electron chi connectivity index (χ0n) is 9.77. The number of hydrogen-bond acceptors (Lipinski definition) is 0. The molecule has 0 radical (unpaired) electrons. The van der Waals surface area contributed by atoms with Crippen molar-refractivity contribution in [2.24, 2.45) is 0 Å². The van der Waals surface area contributed by atoms with Crippen LogP contribution in [0.25, 0.3) is 32.9 Å². The van der Waals surface area contributed by atoms with Crippen LogP contribution in [0.3, 0.4) is 0 Å². The van der Waals surface area contributed by atoms with E-state index in [1.165, 1.54) is 32.9 Å². The lowest BCUT2D eigenvalue weighted by molar-refractivity contribution is 1.40. The minimum Gasteiger partial charge on any atom is -0.361 e. The van der Waals surface area contributed by atoms with Crippen molar-refractivity contribution in [2.45, 2.75) is 0 Å². The molecule has 2 aromatic carbocycles. The summed E-state index contributed by atoms with van der Waals surface area (Å²) < 4.78 is 0. The molecule has 0 aliphatic carbocycles. The first-order chi connectivity index (χ1) is 8.93. The molecule has 18 heavy (non-hydrogen) atoms. The Morgan fingerprint density at radius 3 is 2.61 bits per heavy atom. The Morgan fingerprint density at radius 1 is 0.722 bits per heavy atom. The van der Waals surface area contributed by atoms with E-state index in [0.29, 0.717) is 0 Å². The van der Waals surface area contributed by atoms with Crippen LogP contribution in [0, 0.1) is 0 Å². The first-order valence-corrected chi connectivity index (χ1v) is 6.06. The Labute approximate surface area is 104 Å². The fraction of sp³-hybridized carbons (Fsp3) is 0. The molecule has 0 bridgehead atoms. The second-order valence-electron chi connectivity index (χ2n) is 4.50. The summed E-state index contributed by atoms with van der Waals surface area (Å²) in [4.78, 5) is 6.71. The highest BCUT2D eigenvalue weighted by Gasteiger charge is 2.09. The summed E-state index contributed by atoms with van der Waals surface area (Å²) in [5.41, 5.74) is 3.59. The van der Waals surface area contributed by atoms with Gasteiger partial charge in [-0.15, -0.1) is 0 Å². The molecule has 0 unspecified atom stereocenters. The smallest absolute Gasteiger partial charge is 0.0555 e. The summed E-state index contributed by atoms with van der Waals surface area (Å²) in [6, 6.07) is 16.9. The molecule has 0 atom stereocenters.